The van der Waals surface area contributed by atoms with Crippen LogP contribution in [-0.2, 0) is 0 Å². The van der Waals surface area contributed by atoms with Crippen molar-refractivity contribution in [3.05, 3.63) is 41.7 Å². The van der Waals surface area contributed by atoms with Crippen molar-refractivity contribution in [2.24, 2.45) is 0 Å². The zero-order valence-electron chi connectivity index (χ0n) is 8.01. The largest absolute Gasteiger partial charge is 0.422 e. The van der Waals surface area contributed by atoms with Gasteiger partial charge in [-0.3, -0.25) is 0 Å². The molecule has 0 saturated carbocycles. The Labute approximate surface area is 90.9 Å². The first-order valence-electron chi connectivity index (χ1n) is 4.32. The number of carbonyl (C=O) groups excluding carboxylic acids is 1. The molecule has 0 unspecified atom stereocenters. The minimum atomic E-state index is -0.479. The Morgan fingerprint density at radius 2 is 2.07 bits per heavy atom. The Morgan fingerprint density at radius 1 is 1.33 bits per heavy atom. The lowest BCUT2D eigenvalue weighted by Gasteiger charge is -2.01. The van der Waals surface area contributed by atoms with Gasteiger partial charge < -0.3 is 4.74 Å². The van der Waals surface area contributed by atoms with Gasteiger partial charge in [0.15, 0.2) is 5.69 Å². The maximum absolute atomic E-state index is 11.4. The third-order valence-electron chi connectivity index (χ3n) is 1.80. The number of rotatable bonds is 2. The van der Waals surface area contributed by atoms with E-state index in [1.807, 2.05) is 19.1 Å². The minimum absolute atomic E-state index is 0.237. The number of hydrogen-bond acceptors (Lipinski definition) is 5. The van der Waals surface area contributed by atoms with E-state index in [1.54, 1.807) is 12.1 Å². The van der Waals surface area contributed by atoms with Crippen LogP contribution in [0.2, 0.25) is 0 Å². The Hall–Kier alpha value is -1.75. The number of benzene rings is 1. The third-order valence-corrected chi connectivity index (χ3v) is 2.28. The van der Waals surface area contributed by atoms with Crippen LogP contribution in [0.1, 0.15) is 16.1 Å². The number of carbonyl (C=O) groups is 1. The van der Waals surface area contributed by atoms with E-state index >= 15 is 0 Å². The molecule has 15 heavy (non-hydrogen) atoms. The summed E-state index contributed by atoms with van der Waals surface area (Å²) in [7, 11) is 0. The van der Waals surface area contributed by atoms with Crippen LogP contribution in [0.25, 0.3) is 0 Å². The van der Waals surface area contributed by atoms with Crippen LogP contribution in [0.5, 0.6) is 5.75 Å². The fraction of sp³-hybridized carbons (Fsp3) is 0.100. The molecule has 0 bridgehead atoms. The SMILES string of the molecule is Cc1ccc(OC(=O)c2cnsn2)cc1. The zero-order chi connectivity index (χ0) is 10.7. The molecule has 0 aliphatic heterocycles. The molecule has 0 atom stereocenters. The molecule has 0 amide bonds. The van der Waals surface area contributed by atoms with Gasteiger partial charge in [0.05, 0.1) is 17.9 Å². The number of aromatic nitrogens is 2. The van der Waals surface area contributed by atoms with Gasteiger partial charge in [-0.2, -0.15) is 8.75 Å². The van der Waals surface area contributed by atoms with Gasteiger partial charge >= 0.3 is 5.97 Å². The standard InChI is InChI=1S/C10H8N2O2S/c1-7-2-4-8(5-3-7)14-10(13)9-6-11-15-12-9/h2-6H,1H3. The van der Waals surface area contributed by atoms with Gasteiger partial charge in [0, 0.05) is 0 Å². The van der Waals surface area contributed by atoms with E-state index in [-0.39, 0.29) is 5.69 Å². The zero-order valence-corrected chi connectivity index (χ0v) is 8.82. The van der Waals surface area contributed by atoms with Crippen LogP contribution in [0.15, 0.2) is 30.5 Å². The predicted octanol–water partition coefficient (Wildman–Crippen LogP) is 2.07. The summed E-state index contributed by atoms with van der Waals surface area (Å²) in [6.07, 6.45) is 1.39. The number of esters is 1. The van der Waals surface area contributed by atoms with Gasteiger partial charge in [0.2, 0.25) is 0 Å². The molecular weight excluding hydrogens is 212 g/mol. The topological polar surface area (TPSA) is 52.1 Å². The van der Waals surface area contributed by atoms with E-state index in [0.29, 0.717) is 5.75 Å². The van der Waals surface area contributed by atoms with Gasteiger partial charge in [-0.15, -0.1) is 0 Å². The van der Waals surface area contributed by atoms with Crippen LogP contribution in [0.4, 0.5) is 0 Å². The molecule has 0 aliphatic carbocycles. The molecule has 0 N–H and O–H groups in total. The average molecular weight is 220 g/mol. The van der Waals surface area contributed by atoms with Crippen LogP contribution >= 0.6 is 11.7 Å². The molecule has 5 heteroatoms. The van der Waals surface area contributed by atoms with Crippen molar-refractivity contribution in [3.8, 4) is 5.75 Å². The Kier molecular flexibility index (Phi) is 2.73. The molecular formula is C10H8N2O2S. The smallest absolute Gasteiger partial charge is 0.365 e. The Bertz CT molecular complexity index is 451. The minimum Gasteiger partial charge on any atom is -0.422 e. The third kappa shape index (κ3) is 2.38. The van der Waals surface area contributed by atoms with Crippen molar-refractivity contribution in [3.63, 3.8) is 0 Å². The molecule has 0 fully saturated rings. The monoisotopic (exact) mass is 220 g/mol. The van der Waals surface area contributed by atoms with Gasteiger partial charge in [-0.1, -0.05) is 17.7 Å². The lowest BCUT2D eigenvalue weighted by molar-refractivity contribution is 0.0729. The van der Waals surface area contributed by atoms with Crippen molar-refractivity contribution in [2.45, 2.75) is 6.92 Å². The number of nitrogens with zero attached hydrogens (tertiary/aromatic N) is 2. The molecule has 2 aromatic rings. The summed E-state index contributed by atoms with van der Waals surface area (Å²) >= 11 is 0.980. The molecule has 76 valence electrons. The first-order chi connectivity index (χ1) is 7.25. The maximum atomic E-state index is 11.4. The molecule has 0 saturated heterocycles. The molecule has 1 aromatic carbocycles. The fourth-order valence-corrected chi connectivity index (χ4v) is 1.42. The molecule has 0 radical (unpaired) electrons. The summed E-state index contributed by atoms with van der Waals surface area (Å²) in [4.78, 5) is 11.4. The maximum Gasteiger partial charge on any atom is 0.365 e. The predicted molar refractivity (Wildman–Crippen MR) is 56.0 cm³/mol. The summed E-state index contributed by atoms with van der Waals surface area (Å²) in [5.74, 6) is 0.0335. The van der Waals surface area contributed by atoms with E-state index < -0.39 is 5.97 Å². The van der Waals surface area contributed by atoms with E-state index in [0.717, 1.165) is 17.3 Å². The van der Waals surface area contributed by atoms with E-state index in [2.05, 4.69) is 8.75 Å². The van der Waals surface area contributed by atoms with Gasteiger partial charge in [-0.25, -0.2) is 4.79 Å². The second kappa shape index (κ2) is 4.18. The quantitative estimate of drug-likeness (QED) is 0.574. The van der Waals surface area contributed by atoms with Crippen molar-refractivity contribution in [1.29, 1.82) is 0 Å². The van der Waals surface area contributed by atoms with Crippen molar-refractivity contribution in [1.82, 2.24) is 8.75 Å². The van der Waals surface area contributed by atoms with Crippen LogP contribution in [-0.4, -0.2) is 14.7 Å². The highest BCUT2D eigenvalue weighted by Crippen LogP contribution is 2.13. The highest BCUT2D eigenvalue weighted by molar-refractivity contribution is 6.99. The number of ether oxygens (including phenoxy) is 1. The lowest BCUT2D eigenvalue weighted by Crippen LogP contribution is -2.08. The van der Waals surface area contributed by atoms with Crippen LogP contribution < -0.4 is 4.74 Å². The lowest BCUT2D eigenvalue weighted by atomic mass is 10.2. The van der Waals surface area contributed by atoms with E-state index in [1.165, 1.54) is 6.20 Å². The number of hydrogen-bond donors (Lipinski definition) is 0. The van der Waals surface area contributed by atoms with Crippen molar-refractivity contribution in [2.75, 3.05) is 0 Å². The summed E-state index contributed by atoms with van der Waals surface area (Å²) in [5.41, 5.74) is 1.35. The van der Waals surface area contributed by atoms with Crippen LogP contribution in [0.3, 0.4) is 0 Å². The normalized spacial score (nSPS) is 9.93. The Morgan fingerprint density at radius 3 is 2.67 bits per heavy atom. The first-order valence-corrected chi connectivity index (χ1v) is 5.05. The fourth-order valence-electron chi connectivity index (χ4n) is 1.02. The van der Waals surface area contributed by atoms with Gasteiger partial charge in [0.25, 0.3) is 0 Å². The second-order valence-corrected chi connectivity index (χ2v) is 3.55. The van der Waals surface area contributed by atoms with E-state index in [4.69, 9.17) is 4.74 Å². The molecule has 2 rings (SSSR count). The molecule has 0 spiro atoms. The highest BCUT2D eigenvalue weighted by Gasteiger charge is 2.10. The van der Waals surface area contributed by atoms with Gasteiger partial charge in [-0.05, 0) is 19.1 Å². The molecule has 1 heterocycles. The average Bonchev–Trinajstić information content (AvgIpc) is 2.74. The van der Waals surface area contributed by atoms with E-state index in [9.17, 15) is 4.79 Å². The van der Waals surface area contributed by atoms with Gasteiger partial charge in [0.1, 0.15) is 5.75 Å². The first kappa shape index (κ1) is 9.79. The Balaban J connectivity index is 2.09. The summed E-state index contributed by atoms with van der Waals surface area (Å²) < 4.78 is 12.6. The molecule has 1 aromatic heterocycles. The highest BCUT2D eigenvalue weighted by atomic mass is 32.1. The second-order valence-electron chi connectivity index (χ2n) is 3.00. The summed E-state index contributed by atoms with van der Waals surface area (Å²) in [5, 5.41) is 0. The van der Waals surface area contributed by atoms with Crippen molar-refractivity contribution < 1.29 is 9.53 Å². The number of aryl methyl sites for hydroxylation is 1. The summed E-state index contributed by atoms with van der Waals surface area (Å²) in [6, 6.07) is 7.24. The summed E-state index contributed by atoms with van der Waals surface area (Å²) in [6.45, 7) is 1.97. The van der Waals surface area contributed by atoms with Crippen molar-refractivity contribution >= 4 is 17.7 Å². The van der Waals surface area contributed by atoms with Crippen LogP contribution in [0, 0.1) is 6.92 Å². The molecule has 4 nitrogen and oxygen atoms in total. The molecule has 0 aliphatic rings.